The first-order valence-corrected chi connectivity index (χ1v) is 7.82. The van der Waals surface area contributed by atoms with Crippen LogP contribution in [0.25, 0.3) is 0 Å². The van der Waals surface area contributed by atoms with E-state index in [1.54, 1.807) is 6.33 Å². The third kappa shape index (κ3) is 6.71. The molecule has 0 radical (unpaired) electrons. The Kier molecular flexibility index (Phi) is 8.47. The van der Waals surface area contributed by atoms with Crippen molar-refractivity contribution in [3.8, 4) is 0 Å². The minimum atomic E-state index is -0.273. The van der Waals surface area contributed by atoms with E-state index in [-0.39, 0.29) is 6.10 Å². The molecular formula is C15H29N3O. The summed E-state index contributed by atoms with van der Waals surface area (Å²) in [4.78, 5) is 4.20. The molecule has 4 heteroatoms. The molecule has 0 aliphatic carbocycles. The molecule has 1 aromatic rings. The van der Waals surface area contributed by atoms with Gasteiger partial charge in [-0.1, -0.05) is 51.9 Å². The maximum absolute atomic E-state index is 10.0. The van der Waals surface area contributed by atoms with E-state index in [9.17, 15) is 5.11 Å². The maximum Gasteiger partial charge on any atom is 0.138 e. The van der Waals surface area contributed by atoms with E-state index in [4.69, 9.17) is 0 Å². The highest BCUT2D eigenvalue weighted by Crippen LogP contribution is 2.11. The second-order valence-electron chi connectivity index (χ2n) is 5.26. The third-order valence-electron chi connectivity index (χ3n) is 3.55. The summed E-state index contributed by atoms with van der Waals surface area (Å²) < 4.78 is 1.86. The lowest BCUT2D eigenvalue weighted by Gasteiger charge is -2.10. The zero-order chi connectivity index (χ0) is 13.9. The molecule has 4 nitrogen and oxygen atoms in total. The monoisotopic (exact) mass is 267 g/mol. The van der Waals surface area contributed by atoms with Crippen molar-refractivity contribution < 1.29 is 5.11 Å². The summed E-state index contributed by atoms with van der Waals surface area (Å²) in [5, 5.41) is 14.1. The Hall–Kier alpha value is -0.900. The number of aliphatic hydroxyl groups excluding tert-OH is 1. The fraction of sp³-hybridized carbons (Fsp3) is 0.867. The highest BCUT2D eigenvalue weighted by molar-refractivity contribution is 4.87. The molecule has 0 fully saturated rings. The van der Waals surface area contributed by atoms with Gasteiger partial charge in [0.25, 0.3) is 0 Å². The van der Waals surface area contributed by atoms with Crippen molar-refractivity contribution in [3.63, 3.8) is 0 Å². The predicted octanol–water partition coefficient (Wildman–Crippen LogP) is 3.34. The number of hydrogen-bond donors (Lipinski definition) is 1. The Labute approximate surface area is 117 Å². The van der Waals surface area contributed by atoms with Gasteiger partial charge in [-0.2, -0.15) is 5.10 Å². The van der Waals surface area contributed by atoms with Crippen molar-refractivity contribution in [3.05, 3.63) is 12.2 Å². The topological polar surface area (TPSA) is 50.9 Å². The molecule has 0 bridgehead atoms. The van der Waals surface area contributed by atoms with Crippen LogP contribution in [0.5, 0.6) is 0 Å². The van der Waals surface area contributed by atoms with Crippen molar-refractivity contribution in [2.75, 3.05) is 0 Å². The van der Waals surface area contributed by atoms with Gasteiger partial charge in [0.1, 0.15) is 12.2 Å². The van der Waals surface area contributed by atoms with Crippen molar-refractivity contribution >= 4 is 0 Å². The molecule has 0 spiro atoms. The lowest BCUT2D eigenvalue weighted by molar-refractivity contribution is 0.157. The van der Waals surface area contributed by atoms with Gasteiger partial charge in [-0.3, -0.25) is 4.68 Å². The number of aryl methyl sites for hydroxylation is 1. The van der Waals surface area contributed by atoms with Crippen LogP contribution in [0.2, 0.25) is 0 Å². The van der Waals surface area contributed by atoms with E-state index in [1.807, 2.05) is 11.6 Å². The van der Waals surface area contributed by atoms with Gasteiger partial charge in [-0.15, -0.1) is 0 Å². The van der Waals surface area contributed by atoms with Gasteiger partial charge >= 0.3 is 0 Å². The van der Waals surface area contributed by atoms with Crippen LogP contribution in [0, 0.1) is 0 Å². The minimum absolute atomic E-state index is 0.273. The van der Waals surface area contributed by atoms with Crippen molar-refractivity contribution in [2.24, 2.45) is 0 Å². The standard InChI is InChI=1S/C15H29N3O/c1-3-5-6-7-8-9-10-11-14(19)12-15-16-13-17-18(15)4-2/h13-14,19H,3-12H2,1-2H3. The number of rotatable bonds is 11. The second-order valence-corrected chi connectivity index (χ2v) is 5.26. The van der Waals surface area contributed by atoms with E-state index in [2.05, 4.69) is 17.0 Å². The Bertz CT molecular complexity index is 325. The molecule has 1 atom stereocenters. The SMILES string of the molecule is CCCCCCCCCC(O)Cc1ncnn1CC. The highest BCUT2D eigenvalue weighted by Gasteiger charge is 2.10. The lowest BCUT2D eigenvalue weighted by Crippen LogP contribution is -2.15. The van der Waals surface area contributed by atoms with Crippen LogP contribution in [-0.4, -0.2) is 26.0 Å². The first-order valence-electron chi connectivity index (χ1n) is 7.82. The van der Waals surface area contributed by atoms with Crippen molar-refractivity contribution in [1.29, 1.82) is 0 Å². The fourth-order valence-electron chi connectivity index (χ4n) is 2.36. The quantitative estimate of drug-likeness (QED) is 0.626. The second kappa shape index (κ2) is 9.96. The zero-order valence-electron chi connectivity index (χ0n) is 12.5. The van der Waals surface area contributed by atoms with Crippen LogP contribution < -0.4 is 0 Å². The summed E-state index contributed by atoms with van der Waals surface area (Å²) in [6, 6.07) is 0. The molecule has 1 N–H and O–H groups in total. The molecule has 1 heterocycles. The van der Waals surface area contributed by atoms with E-state index in [0.29, 0.717) is 6.42 Å². The Morgan fingerprint density at radius 2 is 1.79 bits per heavy atom. The van der Waals surface area contributed by atoms with Gasteiger partial charge in [0.15, 0.2) is 0 Å². The largest absolute Gasteiger partial charge is 0.393 e. The summed E-state index contributed by atoms with van der Waals surface area (Å²) in [5.41, 5.74) is 0. The average molecular weight is 267 g/mol. The molecule has 1 aromatic heterocycles. The minimum Gasteiger partial charge on any atom is -0.393 e. The van der Waals surface area contributed by atoms with E-state index < -0.39 is 0 Å². The summed E-state index contributed by atoms with van der Waals surface area (Å²) in [5.74, 6) is 0.901. The molecule has 0 aliphatic heterocycles. The summed E-state index contributed by atoms with van der Waals surface area (Å²) >= 11 is 0. The number of nitrogens with zero attached hydrogens (tertiary/aromatic N) is 3. The Morgan fingerprint density at radius 3 is 2.47 bits per heavy atom. The summed E-state index contributed by atoms with van der Waals surface area (Å²) in [6.45, 7) is 5.10. The predicted molar refractivity (Wildman–Crippen MR) is 78.0 cm³/mol. The number of unbranched alkanes of at least 4 members (excludes halogenated alkanes) is 6. The molecule has 0 aromatic carbocycles. The first-order chi connectivity index (χ1) is 9.27. The molecule has 0 saturated heterocycles. The molecule has 0 amide bonds. The highest BCUT2D eigenvalue weighted by atomic mass is 16.3. The number of hydrogen-bond acceptors (Lipinski definition) is 3. The molecule has 19 heavy (non-hydrogen) atoms. The number of aliphatic hydroxyl groups is 1. The van der Waals surface area contributed by atoms with Crippen LogP contribution in [0.15, 0.2) is 6.33 Å². The van der Waals surface area contributed by atoms with Gasteiger partial charge in [-0.05, 0) is 13.3 Å². The van der Waals surface area contributed by atoms with E-state index in [1.165, 1.54) is 38.5 Å². The average Bonchev–Trinajstić information content (AvgIpc) is 2.85. The summed E-state index contributed by atoms with van der Waals surface area (Å²) in [7, 11) is 0. The maximum atomic E-state index is 10.0. The van der Waals surface area contributed by atoms with Crippen LogP contribution >= 0.6 is 0 Å². The van der Waals surface area contributed by atoms with Gasteiger partial charge in [0, 0.05) is 13.0 Å². The molecule has 0 saturated carbocycles. The molecule has 1 rings (SSSR count). The number of aromatic nitrogens is 3. The van der Waals surface area contributed by atoms with Crippen LogP contribution in [-0.2, 0) is 13.0 Å². The molecular weight excluding hydrogens is 238 g/mol. The molecule has 110 valence electrons. The van der Waals surface area contributed by atoms with Gasteiger partial charge in [-0.25, -0.2) is 4.98 Å². The fourth-order valence-corrected chi connectivity index (χ4v) is 2.36. The molecule has 1 unspecified atom stereocenters. The third-order valence-corrected chi connectivity index (χ3v) is 3.55. The zero-order valence-corrected chi connectivity index (χ0v) is 12.5. The Balaban J connectivity index is 2.06. The smallest absolute Gasteiger partial charge is 0.138 e. The van der Waals surface area contributed by atoms with Crippen molar-refractivity contribution in [1.82, 2.24) is 14.8 Å². The van der Waals surface area contributed by atoms with Gasteiger partial charge < -0.3 is 5.11 Å². The van der Waals surface area contributed by atoms with Gasteiger partial charge in [0.05, 0.1) is 6.10 Å². The van der Waals surface area contributed by atoms with Crippen LogP contribution in [0.3, 0.4) is 0 Å². The van der Waals surface area contributed by atoms with Crippen LogP contribution in [0.4, 0.5) is 0 Å². The first kappa shape index (κ1) is 16.2. The normalized spacial score (nSPS) is 12.8. The summed E-state index contributed by atoms with van der Waals surface area (Å²) in [6.07, 6.45) is 11.8. The molecule has 0 aliphatic rings. The Morgan fingerprint density at radius 1 is 1.11 bits per heavy atom. The van der Waals surface area contributed by atoms with Crippen molar-refractivity contribution in [2.45, 2.75) is 84.3 Å². The van der Waals surface area contributed by atoms with Gasteiger partial charge in [0.2, 0.25) is 0 Å². The van der Waals surface area contributed by atoms with E-state index >= 15 is 0 Å². The van der Waals surface area contributed by atoms with E-state index in [0.717, 1.165) is 25.2 Å². The lowest BCUT2D eigenvalue weighted by atomic mass is 10.0. The van der Waals surface area contributed by atoms with Crippen LogP contribution in [0.1, 0.15) is 71.0 Å².